The molecule has 0 aromatic heterocycles. The minimum absolute atomic E-state index is 0.240. The topological polar surface area (TPSA) is 43.1 Å². The molecule has 0 heterocycles. The van der Waals surface area contributed by atoms with Crippen LogP contribution in [0.4, 0.5) is 0 Å². The van der Waals surface area contributed by atoms with Crippen molar-refractivity contribution in [1.29, 1.82) is 0 Å². The Kier molecular flexibility index (Phi) is 4.94. The van der Waals surface area contributed by atoms with Gasteiger partial charge in [0.1, 0.15) is 5.78 Å². The molecule has 0 bridgehead atoms. The third-order valence-electron chi connectivity index (χ3n) is 3.90. The predicted octanol–water partition coefficient (Wildman–Crippen LogP) is 3.10. The van der Waals surface area contributed by atoms with Crippen LogP contribution in [0.15, 0.2) is 30.3 Å². The number of carbonyl (C=O) groups excluding carboxylic acids is 1. The van der Waals surface area contributed by atoms with Gasteiger partial charge in [-0.3, -0.25) is 4.79 Å². The van der Waals surface area contributed by atoms with E-state index in [0.29, 0.717) is 12.2 Å². The minimum Gasteiger partial charge on any atom is -0.328 e. The van der Waals surface area contributed by atoms with Crippen LogP contribution in [0.3, 0.4) is 0 Å². The number of hydrogen-bond donors (Lipinski definition) is 1. The van der Waals surface area contributed by atoms with Crippen LogP contribution in [0.25, 0.3) is 0 Å². The Hall–Kier alpha value is -1.15. The van der Waals surface area contributed by atoms with Crippen molar-refractivity contribution in [2.24, 2.45) is 11.7 Å². The molecule has 0 saturated heterocycles. The highest BCUT2D eigenvalue weighted by molar-refractivity contribution is 5.81. The maximum Gasteiger partial charge on any atom is 0.136 e. The Morgan fingerprint density at radius 1 is 1.22 bits per heavy atom. The van der Waals surface area contributed by atoms with Crippen LogP contribution in [-0.2, 0) is 11.2 Å². The predicted molar refractivity (Wildman–Crippen MR) is 74.3 cm³/mol. The molecule has 18 heavy (non-hydrogen) atoms. The lowest BCUT2D eigenvalue weighted by Crippen LogP contribution is -2.31. The molecule has 1 aromatic rings. The molecular formula is C16H23NO. The molecule has 0 amide bonds. The van der Waals surface area contributed by atoms with E-state index in [1.54, 1.807) is 0 Å². The first-order valence-electron chi connectivity index (χ1n) is 7.08. The summed E-state index contributed by atoms with van der Waals surface area (Å²) in [7, 11) is 0. The van der Waals surface area contributed by atoms with Gasteiger partial charge in [-0.15, -0.1) is 0 Å². The third-order valence-corrected chi connectivity index (χ3v) is 3.90. The molecule has 98 valence electrons. The van der Waals surface area contributed by atoms with Gasteiger partial charge in [0, 0.05) is 18.4 Å². The maximum atomic E-state index is 12.1. The Labute approximate surface area is 110 Å². The maximum absolute atomic E-state index is 12.1. The molecule has 2 atom stereocenters. The Bertz CT molecular complexity index is 374. The first-order chi connectivity index (χ1) is 8.75. The van der Waals surface area contributed by atoms with Crippen LogP contribution in [0, 0.1) is 5.92 Å². The van der Waals surface area contributed by atoms with E-state index in [0.717, 1.165) is 38.5 Å². The summed E-state index contributed by atoms with van der Waals surface area (Å²) in [6.07, 6.45) is 6.86. The van der Waals surface area contributed by atoms with Crippen LogP contribution in [0.2, 0.25) is 0 Å². The second kappa shape index (κ2) is 6.69. The van der Waals surface area contributed by atoms with Crippen molar-refractivity contribution in [3.8, 4) is 0 Å². The summed E-state index contributed by atoms with van der Waals surface area (Å²) in [6.45, 7) is 0. The van der Waals surface area contributed by atoms with Gasteiger partial charge >= 0.3 is 0 Å². The Morgan fingerprint density at radius 2 is 2.00 bits per heavy atom. The van der Waals surface area contributed by atoms with Crippen molar-refractivity contribution < 1.29 is 4.79 Å². The third kappa shape index (κ3) is 3.95. The first-order valence-corrected chi connectivity index (χ1v) is 7.08. The molecule has 0 spiro atoms. The Balaban J connectivity index is 1.71. The van der Waals surface area contributed by atoms with Crippen molar-refractivity contribution in [3.05, 3.63) is 35.9 Å². The summed E-state index contributed by atoms with van der Waals surface area (Å²) in [5.41, 5.74) is 7.26. The quantitative estimate of drug-likeness (QED) is 0.866. The monoisotopic (exact) mass is 245 g/mol. The van der Waals surface area contributed by atoms with E-state index in [9.17, 15) is 4.79 Å². The van der Waals surface area contributed by atoms with Crippen LogP contribution < -0.4 is 5.73 Å². The molecular weight excluding hydrogens is 222 g/mol. The normalized spacial score (nSPS) is 23.8. The molecule has 2 heteroatoms. The van der Waals surface area contributed by atoms with Gasteiger partial charge in [0.15, 0.2) is 0 Å². The molecule has 1 saturated carbocycles. The van der Waals surface area contributed by atoms with E-state index in [4.69, 9.17) is 5.73 Å². The SMILES string of the molecule is NC1CCCC(C(=O)CCCc2ccccc2)C1. The largest absolute Gasteiger partial charge is 0.328 e. The molecule has 1 aliphatic carbocycles. The van der Waals surface area contributed by atoms with Gasteiger partial charge < -0.3 is 5.73 Å². The molecule has 0 radical (unpaired) electrons. The van der Waals surface area contributed by atoms with Crippen molar-refractivity contribution in [2.45, 2.75) is 51.0 Å². The average molecular weight is 245 g/mol. The van der Waals surface area contributed by atoms with Gasteiger partial charge in [0.25, 0.3) is 0 Å². The lowest BCUT2D eigenvalue weighted by atomic mass is 9.82. The number of hydrogen-bond acceptors (Lipinski definition) is 2. The molecule has 2 unspecified atom stereocenters. The van der Waals surface area contributed by atoms with Gasteiger partial charge in [0.2, 0.25) is 0 Å². The summed E-state index contributed by atoms with van der Waals surface area (Å²) in [6, 6.07) is 10.6. The highest BCUT2D eigenvalue weighted by atomic mass is 16.1. The molecule has 2 rings (SSSR count). The van der Waals surface area contributed by atoms with Crippen LogP contribution >= 0.6 is 0 Å². The van der Waals surface area contributed by atoms with E-state index in [1.807, 2.05) is 6.07 Å². The van der Waals surface area contributed by atoms with Crippen LogP contribution in [-0.4, -0.2) is 11.8 Å². The molecule has 1 aliphatic rings. The van der Waals surface area contributed by atoms with E-state index < -0.39 is 0 Å². The molecule has 2 nitrogen and oxygen atoms in total. The van der Waals surface area contributed by atoms with E-state index in [1.165, 1.54) is 5.56 Å². The highest BCUT2D eigenvalue weighted by Gasteiger charge is 2.24. The zero-order valence-corrected chi connectivity index (χ0v) is 11.0. The summed E-state index contributed by atoms with van der Waals surface area (Å²) in [4.78, 5) is 12.1. The lowest BCUT2D eigenvalue weighted by Gasteiger charge is -2.25. The number of aryl methyl sites for hydroxylation is 1. The highest BCUT2D eigenvalue weighted by Crippen LogP contribution is 2.25. The van der Waals surface area contributed by atoms with Crippen molar-refractivity contribution >= 4 is 5.78 Å². The smallest absolute Gasteiger partial charge is 0.136 e. The van der Waals surface area contributed by atoms with Gasteiger partial charge in [-0.05, 0) is 37.7 Å². The second-order valence-corrected chi connectivity index (χ2v) is 5.43. The van der Waals surface area contributed by atoms with Gasteiger partial charge in [-0.1, -0.05) is 36.8 Å². The van der Waals surface area contributed by atoms with Crippen molar-refractivity contribution in [2.75, 3.05) is 0 Å². The van der Waals surface area contributed by atoms with Gasteiger partial charge in [-0.25, -0.2) is 0 Å². The fourth-order valence-electron chi connectivity index (χ4n) is 2.84. The summed E-state index contributed by atoms with van der Waals surface area (Å²) in [5, 5.41) is 0. The standard InChI is InChI=1S/C16H23NO/c17-15-10-5-9-14(12-15)16(18)11-4-8-13-6-2-1-3-7-13/h1-3,6-7,14-15H,4-5,8-12,17H2. The van der Waals surface area contributed by atoms with Gasteiger partial charge in [0.05, 0.1) is 0 Å². The lowest BCUT2D eigenvalue weighted by molar-refractivity contribution is -0.124. The summed E-state index contributed by atoms with van der Waals surface area (Å²) < 4.78 is 0. The molecule has 1 fully saturated rings. The van der Waals surface area contributed by atoms with E-state index >= 15 is 0 Å². The molecule has 1 aromatic carbocycles. The average Bonchev–Trinajstić information content (AvgIpc) is 2.40. The summed E-state index contributed by atoms with van der Waals surface area (Å²) >= 11 is 0. The second-order valence-electron chi connectivity index (χ2n) is 5.43. The van der Waals surface area contributed by atoms with Crippen molar-refractivity contribution in [1.82, 2.24) is 0 Å². The minimum atomic E-state index is 0.240. The number of benzene rings is 1. The van der Waals surface area contributed by atoms with E-state index in [2.05, 4.69) is 24.3 Å². The zero-order chi connectivity index (χ0) is 12.8. The number of nitrogens with two attached hydrogens (primary N) is 1. The Morgan fingerprint density at radius 3 is 2.72 bits per heavy atom. The number of carbonyl (C=O) groups is 1. The zero-order valence-electron chi connectivity index (χ0n) is 11.0. The first kappa shape index (κ1) is 13.3. The number of ketones is 1. The van der Waals surface area contributed by atoms with E-state index in [-0.39, 0.29) is 12.0 Å². The molecule has 2 N–H and O–H groups in total. The van der Waals surface area contributed by atoms with Gasteiger partial charge in [-0.2, -0.15) is 0 Å². The number of Topliss-reactive ketones (excluding diaryl/α,β-unsaturated/α-hetero) is 1. The molecule has 0 aliphatic heterocycles. The fraction of sp³-hybridized carbons (Fsp3) is 0.562. The number of rotatable bonds is 5. The fourth-order valence-corrected chi connectivity index (χ4v) is 2.84. The van der Waals surface area contributed by atoms with Crippen molar-refractivity contribution in [3.63, 3.8) is 0 Å². The summed E-state index contributed by atoms with van der Waals surface area (Å²) in [5.74, 6) is 0.672. The van der Waals surface area contributed by atoms with Crippen LogP contribution in [0.1, 0.15) is 44.1 Å². The van der Waals surface area contributed by atoms with Crippen LogP contribution in [0.5, 0.6) is 0 Å².